The Morgan fingerprint density at radius 3 is 2.71 bits per heavy atom. The van der Waals surface area contributed by atoms with Gasteiger partial charge in [0.2, 0.25) is 0 Å². The molecule has 1 aromatic carbocycles. The van der Waals surface area contributed by atoms with Crippen LogP contribution in [0.3, 0.4) is 0 Å². The average molecular weight is 260 g/mol. The molecule has 0 fully saturated rings. The number of hydrogen-bond donors (Lipinski definition) is 0. The highest BCUT2D eigenvalue weighted by Gasteiger charge is 2.12. The third-order valence-corrected chi connectivity index (χ3v) is 2.07. The normalized spacial score (nSPS) is 10.5. The number of benzene rings is 1. The second kappa shape index (κ2) is 3.49. The van der Waals surface area contributed by atoms with Crippen LogP contribution in [0.1, 0.15) is 0 Å². The first-order chi connectivity index (χ1) is 6.68. The number of oxazole rings is 1. The van der Waals surface area contributed by atoms with Crippen LogP contribution in [0.5, 0.6) is 0 Å². The van der Waals surface area contributed by atoms with E-state index in [-0.39, 0.29) is 16.1 Å². The monoisotopic (exact) mass is 259 g/mol. The maximum atomic E-state index is 13.2. The van der Waals surface area contributed by atoms with Crippen molar-refractivity contribution in [2.24, 2.45) is 0 Å². The summed E-state index contributed by atoms with van der Waals surface area (Å²) in [5.74, 6) is -1.82. The Balaban J connectivity index is 2.57. The Morgan fingerprint density at radius 1 is 1.29 bits per heavy atom. The first-order valence-corrected chi connectivity index (χ1v) is 4.53. The van der Waals surface area contributed by atoms with Gasteiger partial charge in [0.1, 0.15) is 12.0 Å². The molecule has 0 aliphatic carbocycles. The van der Waals surface area contributed by atoms with Gasteiger partial charge in [-0.05, 0) is 12.1 Å². The van der Waals surface area contributed by atoms with Gasteiger partial charge >= 0.3 is 0 Å². The molecule has 0 bridgehead atoms. The van der Waals surface area contributed by atoms with Gasteiger partial charge in [-0.3, -0.25) is 0 Å². The molecule has 0 amide bonds. The summed E-state index contributed by atoms with van der Waals surface area (Å²) in [7, 11) is 0. The summed E-state index contributed by atoms with van der Waals surface area (Å²) < 4.78 is 30.9. The van der Waals surface area contributed by atoms with Gasteiger partial charge < -0.3 is 4.42 Å². The molecule has 0 aliphatic heterocycles. The fraction of sp³-hybridized carbons (Fsp3) is 0. The van der Waals surface area contributed by atoms with E-state index in [1.165, 1.54) is 18.4 Å². The Hall–Kier alpha value is -1.23. The highest BCUT2D eigenvalue weighted by molar-refractivity contribution is 9.10. The zero-order chi connectivity index (χ0) is 10.1. The second-order valence-corrected chi connectivity index (χ2v) is 3.27. The van der Waals surface area contributed by atoms with Gasteiger partial charge in [0.25, 0.3) is 4.80 Å². The van der Waals surface area contributed by atoms with Gasteiger partial charge in [0, 0.05) is 21.5 Å². The Labute approximate surface area is 86.7 Å². The molecule has 2 aromatic rings. The van der Waals surface area contributed by atoms with Crippen molar-refractivity contribution in [3.8, 4) is 11.3 Å². The van der Waals surface area contributed by atoms with E-state index < -0.39 is 11.6 Å². The molecule has 14 heavy (non-hydrogen) atoms. The Bertz CT molecular complexity index is 470. The highest BCUT2D eigenvalue weighted by Crippen LogP contribution is 2.24. The van der Waals surface area contributed by atoms with Crippen molar-refractivity contribution >= 4 is 15.9 Å². The predicted molar refractivity (Wildman–Crippen MR) is 49.6 cm³/mol. The van der Waals surface area contributed by atoms with Gasteiger partial charge in [-0.1, -0.05) is 6.07 Å². The maximum Gasteiger partial charge on any atom is 0.264 e. The molecule has 2 nitrogen and oxygen atoms in total. The fourth-order valence-electron chi connectivity index (χ4n) is 1.08. The van der Waals surface area contributed by atoms with Crippen molar-refractivity contribution in [2.45, 2.75) is 0 Å². The molecule has 0 saturated carbocycles. The van der Waals surface area contributed by atoms with Crippen LogP contribution in [0, 0.1) is 11.6 Å². The summed E-state index contributed by atoms with van der Waals surface area (Å²) in [6.45, 7) is 0. The molecule has 72 valence electrons. The van der Waals surface area contributed by atoms with Crippen molar-refractivity contribution in [3.05, 3.63) is 40.9 Å². The first-order valence-electron chi connectivity index (χ1n) is 3.74. The van der Waals surface area contributed by atoms with Crippen LogP contribution in [0.25, 0.3) is 11.3 Å². The predicted octanol–water partition coefficient (Wildman–Crippen LogP) is 3.38. The van der Waals surface area contributed by atoms with Crippen LogP contribution in [0.4, 0.5) is 8.78 Å². The lowest BCUT2D eigenvalue weighted by Gasteiger charge is -1.98. The second-order valence-electron chi connectivity index (χ2n) is 2.59. The maximum absolute atomic E-state index is 13.2. The van der Waals surface area contributed by atoms with Crippen LogP contribution in [0.15, 0.2) is 33.7 Å². The fourth-order valence-corrected chi connectivity index (χ4v) is 1.36. The third-order valence-electron chi connectivity index (χ3n) is 1.70. The molecule has 1 heterocycles. The number of aromatic nitrogens is 1. The minimum Gasteiger partial charge on any atom is -0.439 e. The number of hydrogen-bond acceptors (Lipinski definition) is 2. The molecule has 0 saturated heterocycles. The minimum absolute atomic E-state index is 0.0828. The molecule has 0 atom stereocenters. The van der Waals surface area contributed by atoms with Gasteiger partial charge in [-0.15, -0.1) is 0 Å². The van der Waals surface area contributed by atoms with E-state index >= 15 is 0 Å². The van der Waals surface area contributed by atoms with Crippen LogP contribution in [-0.2, 0) is 0 Å². The smallest absolute Gasteiger partial charge is 0.264 e. The summed E-state index contributed by atoms with van der Waals surface area (Å²) in [4.78, 5) is 4.06. The van der Waals surface area contributed by atoms with E-state index in [4.69, 9.17) is 4.42 Å². The van der Waals surface area contributed by atoms with Crippen LogP contribution in [0.2, 0.25) is 0 Å². The van der Waals surface area contributed by atoms with E-state index in [9.17, 15) is 8.78 Å². The van der Waals surface area contributed by atoms with Crippen molar-refractivity contribution in [1.29, 1.82) is 0 Å². The molecule has 0 radical (unpaired) electrons. The highest BCUT2D eigenvalue weighted by atomic mass is 79.9. The molecule has 5 heteroatoms. The lowest BCUT2D eigenvalue weighted by Crippen LogP contribution is -1.88. The molecular formula is C9H4BrF2NO. The molecule has 0 spiro atoms. The van der Waals surface area contributed by atoms with Crippen molar-refractivity contribution in [3.63, 3.8) is 0 Å². The van der Waals surface area contributed by atoms with E-state index in [1.54, 1.807) is 0 Å². The lowest BCUT2D eigenvalue weighted by molar-refractivity contribution is 0.510. The topological polar surface area (TPSA) is 26.0 Å². The summed E-state index contributed by atoms with van der Waals surface area (Å²) in [6.07, 6.45) is 1.25. The van der Waals surface area contributed by atoms with Crippen LogP contribution < -0.4 is 0 Å². The Kier molecular flexibility index (Phi) is 2.33. The minimum atomic E-state index is -0.923. The largest absolute Gasteiger partial charge is 0.439 e. The standard InChI is InChI=1S/C9H4BrF2NO/c10-9-13-7(4-14-9)5-2-1-3-6(11)8(5)12/h1-4H. The average Bonchev–Trinajstić information content (AvgIpc) is 2.57. The van der Waals surface area contributed by atoms with E-state index in [0.29, 0.717) is 0 Å². The first kappa shape index (κ1) is 9.33. The molecule has 2 rings (SSSR count). The molecular weight excluding hydrogens is 256 g/mol. The molecule has 0 unspecified atom stereocenters. The van der Waals surface area contributed by atoms with Crippen molar-refractivity contribution < 1.29 is 13.2 Å². The van der Waals surface area contributed by atoms with E-state index in [2.05, 4.69) is 20.9 Å². The lowest BCUT2D eigenvalue weighted by atomic mass is 10.1. The van der Waals surface area contributed by atoms with Crippen LogP contribution >= 0.6 is 15.9 Å². The quantitative estimate of drug-likeness (QED) is 0.785. The third kappa shape index (κ3) is 1.55. The number of nitrogens with zero attached hydrogens (tertiary/aromatic N) is 1. The molecule has 0 aliphatic rings. The number of halogens is 3. The summed E-state index contributed by atoms with van der Waals surface area (Å²) in [5, 5.41) is 0. The summed E-state index contributed by atoms with van der Waals surface area (Å²) in [5.41, 5.74) is 0.341. The molecule has 0 N–H and O–H groups in total. The van der Waals surface area contributed by atoms with Crippen molar-refractivity contribution in [1.82, 2.24) is 4.98 Å². The van der Waals surface area contributed by atoms with Crippen molar-refractivity contribution in [2.75, 3.05) is 0 Å². The van der Waals surface area contributed by atoms with E-state index in [1.807, 2.05) is 0 Å². The van der Waals surface area contributed by atoms with E-state index in [0.717, 1.165) is 6.07 Å². The summed E-state index contributed by atoms with van der Waals surface area (Å²) >= 11 is 2.98. The number of rotatable bonds is 1. The van der Waals surface area contributed by atoms with Gasteiger partial charge in [-0.25, -0.2) is 13.8 Å². The van der Waals surface area contributed by atoms with Gasteiger partial charge in [0.05, 0.1) is 0 Å². The van der Waals surface area contributed by atoms with Gasteiger partial charge in [-0.2, -0.15) is 0 Å². The Morgan fingerprint density at radius 2 is 2.07 bits per heavy atom. The zero-order valence-corrected chi connectivity index (χ0v) is 8.38. The SMILES string of the molecule is Fc1cccc(-c2coc(Br)n2)c1F. The summed E-state index contributed by atoms with van der Waals surface area (Å²) in [6, 6.07) is 3.90. The zero-order valence-electron chi connectivity index (χ0n) is 6.80. The van der Waals surface area contributed by atoms with Crippen LogP contribution in [-0.4, -0.2) is 4.98 Å². The molecule has 1 aromatic heterocycles. The van der Waals surface area contributed by atoms with Gasteiger partial charge in [0.15, 0.2) is 11.6 Å².